The summed E-state index contributed by atoms with van der Waals surface area (Å²) in [6.07, 6.45) is 2.07. The molecule has 2 rings (SSSR count). The van der Waals surface area contributed by atoms with Gasteiger partial charge in [0.25, 0.3) is 0 Å². The Kier molecular flexibility index (Phi) is 4.24. The Balaban J connectivity index is 2.07. The number of rotatable bonds is 3. The lowest BCUT2D eigenvalue weighted by atomic mass is 10.0. The Labute approximate surface area is 115 Å². The van der Waals surface area contributed by atoms with Crippen molar-refractivity contribution in [2.75, 3.05) is 20.1 Å². The van der Waals surface area contributed by atoms with Crippen LogP contribution in [0.4, 0.5) is 0 Å². The van der Waals surface area contributed by atoms with Crippen LogP contribution in [-0.2, 0) is 4.79 Å². The minimum atomic E-state index is -0.228. The van der Waals surface area contributed by atoms with Gasteiger partial charge in [-0.1, -0.05) is 0 Å². The van der Waals surface area contributed by atoms with E-state index in [0.29, 0.717) is 6.04 Å². The third kappa shape index (κ3) is 2.97. The lowest BCUT2D eigenvalue weighted by Gasteiger charge is -2.33. The van der Waals surface area contributed by atoms with Gasteiger partial charge in [-0.15, -0.1) is 0 Å². The first kappa shape index (κ1) is 14.1. The Morgan fingerprint density at radius 2 is 2.11 bits per heavy atom. The number of nitrogens with one attached hydrogen (secondary N) is 1. The largest absolute Gasteiger partial charge is 0.341 e. The monoisotopic (exact) mass is 264 g/mol. The van der Waals surface area contributed by atoms with Crippen molar-refractivity contribution in [2.45, 2.75) is 45.7 Å². The summed E-state index contributed by atoms with van der Waals surface area (Å²) in [6.45, 7) is 7.87. The molecule has 0 aliphatic carbocycles. The summed E-state index contributed by atoms with van der Waals surface area (Å²) in [6, 6.07) is 2.13. The van der Waals surface area contributed by atoms with Gasteiger partial charge >= 0.3 is 0 Å². The molecule has 1 unspecified atom stereocenters. The van der Waals surface area contributed by atoms with E-state index in [0.717, 1.165) is 37.3 Å². The van der Waals surface area contributed by atoms with Gasteiger partial charge in [0.2, 0.25) is 5.91 Å². The fraction of sp³-hybridized carbons (Fsp3) is 0.714. The van der Waals surface area contributed by atoms with Gasteiger partial charge in [-0.3, -0.25) is 9.48 Å². The number of amides is 1. The van der Waals surface area contributed by atoms with E-state index in [-0.39, 0.29) is 11.9 Å². The summed E-state index contributed by atoms with van der Waals surface area (Å²) in [5.74, 6) is 0.151. The summed E-state index contributed by atoms with van der Waals surface area (Å²) in [4.78, 5) is 14.5. The second-order valence-corrected chi connectivity index (χ2v) is 5.48. The topological polar surface area (TPSA) is 50.2 Å². The van der Waals surface area contributed by atoms with Gasteiger partial charge in [0.05, 0.1) is 5.69 Å². The lowest BCUT2D eigenvalue weighted by molar-refractivity contribution is -0.135. The Morgan fingerprint density at radius 3 is 2.63 bits per heavy atom. The maximum atomic E-state index is 12.5. The molecule has 0 bridgehead atoms. The summed E-state index contributed by atoms with van der Waals surface area (Å²) >= 11 is 0. The Hall–Kier alpha value is -1.36. The van der Waals surface area contributed by atoms with Crippen molar-refractivity contribution in [3.63, 3.8) is 0 Å². The van der Waals surface area contributed by atoms with Gasteiger partial charge in [0.1, 0.15) is 6.04 Å². The van der Waals surface area contributed by atoms with Crippen molar-refractivity contribution in [3.05, 3.63) is 17.5 Å². The number of carbonyl (C=O) groups excluding carboxylic acids is 1. The molecule has 1 aliphatic heterocycles. The van der Waals surface area contributed by atoms with Gasteiger partial charge < -0.3 is 10.2 Å². The quantitative estimate of drug-likeness (QED) is 0.894. The van der Waals surface area contributed by atoms with Crippen molar-refractivity contribution < 1.29 is 4.79 Å². The molecular formula is C14H24N4O. The third-order valence-electron chi connectivity index (χ3n) is 3.97. The van der Waals surface area contributed by atoms with Crippen LogP contribution in [0.15, 0.2) is 6.07 Å². The molecule has 1 atom stereocenters. The molecule has 19 heavy (non-hydrogen) atoms. The van der Waals surface area contributed by atoms with Crippen molar-refractivity contribution in [3.8, 4) is 0 Å². The van der Waals surface area contributed by atoms with Crippen molar-refractivity contribution in [1.29, 1.82) is 0 Å². The van der Waals surface area contributed by atoms with Crippen LogP contribution >= 0.6 is 0 Å². The van der Waals surface area contributed by atoms with Crippen molar-refractivity contribution >= 4 is 5.91 Å². The van der Waals surface area contributed by atoms with E-state index < -0.39 is 0 Å². The molecule has 1 saturated heterocycles. The first-order valence-corrected chi connectivity index (χ1v) is 7.01. The number of nitrogens with zero attached hydrogens (tertiary/aromatic N) is 3. The number of hydrogen-bond donors (Lipinski definition) is 1. The van der Waals surface area contributed by atoms with Crippen molar-refractivity contribution in [1.82, 2.24) is 20.0 Å². The molecule has 1 aromatic rings. The molecule has 0 radical (unpaired) electrons. The molecular weight excluding hydrogens is 240 g/mol. The zero-order valence-electron chi connectivity index (χ0n) is 12.3. The van der Waals surface area contributed by atoms with Crippen LogP contribution in [0, 0.1) is 13.8 Å². The predicted molar refractivity (Wildman–Crippen MR) is 75.1 cm³/mol. The normalized spacial score (nSPS) is 18.3. The summed E-state index contributed by atoms with van der Waals surface area (Å²) < 4.78 is 1.83. The zero-order chi connectivity index (χ0) is 14.0. The molecule has 0 saturated carbocycles. The van der Waals surface area contributed by atoms with Crippen molar-refractivity contribution in [2.24, 2.45) is 0 Å². The molecule has 5 nitrogen and oxygen atoms in total. The van der Waals surface area contributed by atoms with Crippen LogP contribution < -0.4 is 5.32 Å². The second-order valence-electron chi connectivity index (χ2n) is 5.48. The molecule has 1 N–H and O–H groups in total. The minimum Gasteiger partial charge on any atom is -0.341 e. The number of aryl methyl sites for hydroxylation is 2. The van der Waals surface area contributed by atoms with Crippen LogP contribution in [-0.4, -0.2) is 46.8 Å². The van der Waals surface area contributed by atoms with Gasteiger partial charge in [-0.25, -0.2) is 0 Å². The molecule has 0 spiro atoms. The molecule has 5 heteroatoms. The SMILES string of the molecule is Cc1cc(C)n(C(C)C(=O)N(C)C2CCNCC2)n1. The van der Waals surface area contributed by atoms with E-state index in [9.17, 15) is 4.79 Å². The smallest absolute Gasteiger partial charge is 0.247 e. The summed E-state index contributed by atoms with van der Waals surface area (Å²) in [7, 11) is 1.92. The highest BCUT2D eigenvalue weighted by atomic mass is 16.2. The first-order valence-electron chi connectivity index (χ1n) is 7.01. The fourth-order valence-corrected chi connectivity index (χ4v) is 2.81. The summed E-state index contributed by atoms with van der Waals surface area (Å²) in [5.41, 5.74) is 2.00. The Bertz CT molecular complexity index is 448. The first-order chi connectivity index (χ1) is 9.00. The van der Waals surface area contributed by atoms with Gasteiger partial charge in [-0.05, 0) is 52.8 Å². The van der Waals surface area contributed by atoms with Crippen LogP contribution in [0.1, 0.15) is 37.2 Å². The number of hydrogen-bond acceptors (Lipinski definition) is 3. The second kappa shape index (κ2) is 5.74. The van der Waals surface area contributed by atoms with E-state index in [1.54, 1.807) is 0 Å². The fourth-order valence-electron chi connectivity index (χ4n) is 2.81. The highest BCUT2D eigenvalue weighted by molar-refractivity contribution is 5.80. The molecule has 106 valence electrons. The predicted octanol–water partition coefficient (Wildman–Crippen LogP) is 1.27. The number of carbonyl (C=O) groups is 1. The highest BCUT2D eigenvalue weighted by Crippen LogP contribution is 2.17. The van der Waals surface area contributed by atoms with Gasteiger partial charge in [-0.2, -0.15) is 5.10 Å². The number of likely N-dealkylation sites (N-methyl/N-ethyl adjacent to an activating group) is 1. The van der Waals surface area contributed by atoms with Crippen LogP contribution in [0.5, 0.6) is 0 Å². The molecule has 0 aromatic carbocycles. The van der Waals surface area contributed by atoms with E-state index >= 15 is 0 Å². The standard InChI is InChI=1S/C14H24N4O/c1-10-9-11(2)18(16-10)12(3)14(19)17(4)13-5-7-15-8-6-13/h9,12-13,15H,5-8H2,1-4H3. The Morgan fingerprint density at radius 1 is 1.47 bits per heavy atom. The molecule has 1 fully saturated rings. The maximum Gasteiger partial charge on any atom is 0.247 e. The number of piperidine rings is 1. The van der Waals surface area contributed by atoms with Crippen LogP contribution in [0.3, 0.4) is 0 Å². The molecule has 1 aliphatic rings. The summed E-state index contributed by atoms with van der Waals surface area (Å²) in [5, 5.41) is 7.74. The van der Waals surface area contributed by atoms with E-state index in [4.69, 9.17) is 0 Å². The zero-order valence-corrected chi connectivity index (χ0v) is 12.3. The maximum absolute atomic E-state index is 12.5. The molecule has 2 heterocycles. The lowest BCUT2D eigenvalue weighted by Crippen LogP contribution is -2.46. The van der Waals surface area contributed by atoms with Gasteiger partial charge in [0, 0.05) is 18.8 Å². The average molecular weight is 264 g/mol. The highest BCUT2D eigenvalue weighted by Gasteiger charge is 2.27. The third-order valence-corrected chi connectivity index (χ3v) is 3.97. The van der Waals surface area contributed by atoms with Gasteiger partial charge in [0.15, 0.2) is 0 Å². The van der Waals surface area contributed by atoms with E-state index in [2.05, 4.69) is 10.4 Å². The van der Waals surface area contributed by atoms with Crippen LogP contribution in [0.25, 0.3) is 0 Å². The minimum absolute atomic E-state index is 0.151. The number of aromatic nitrogens is 2. The average Bonchev–Trinajstić information content (AvgIpc) is 2.76. The van der Waals surface area contributed by atoms with E-state index in [1.165, 1.54) is 0 Å². The van der Waals surface area contributed by atoms with E-state index in [1.807, 2.05) is 43.5 Å². The van der Waals surface area contributed by atoms with Crippen LogP contribution in [0.2, 0.25) is 0 Å². The molecule has 1 amide bonds. The molecule has 1 aromatic heterocycles.